The average molecular weight is 337 g/mol. The lowest BCUT2D eigenvalue weighted by Gasteiger charge is -2.06. The van der Waals surface area contributed by atoms with Crippen LogP contribution in [-0.4, -0.2) is 16.4 Å². The van der Waals surface area contributed by atoms with E-state index < -0.39 is 0 Å². The Hall–Kier alpha value is -2.72. The quantitative estimate of drug-likeness (QED) is 0.546. The fourth-order valence-corrected chi connectivity index (χ4v) is 2.39. The van der Waals surface area contributed by atoms with Gasteiger partial charge in [0.15, 0.2) is 11.0 Å². The summed E-state index contributed by atoms with van der Waals surface area (Å²) in [5.41, 5.74) is 8.12. The molecule has 1 heterocycles. The summed E-state index contributed by atoms with van der Waals surface area (Å²) in [4.78, 5) is 0. The van der Waals surface area contributed by atoms with Crippen molar-refractivity contribution in [2.75, 3.05) is 5.43 Å². The standard InChI is InChI=1S/C19H17ClN4/c1-13-3-7-15(8-4-13)12-21-22-18-11-17(19(20)24-23-18)16-9-5-14(2)6-10-16/h3-12H,1-2H3,(H,22,23)/b21-12+. The van der Waals surface area contributed by atoms with E-state index >= 15 is 0 Å². The fraction of sp³-hybridized carbons (Fsp3) is 0.105. The van der Waals surface area contributed by atoms with Gasteiger partial charge in [0.05, 0.1) is 6.21 Å². The summed E-state index contributed by atoms with van der Waals surface area (Å²) >= 11 is 6.18. The van der Waals surface area contributed by atoms with E-state index in [1.807, 2.05) is 61.5 Å². The number of nitrogens with zero attached hydrogens (tertiary/aromatic N) is 3. The molecule has 0 unspecified atom stereocenters. The first-order chi connectivity index (χ1) is 11.6. The van der Waals surface area contributed by atoms with E-state index in [0.717, 1.165) is 16.7 Å². The molecule has 1 N–H and O–H groups in total. The third-order valence-electron chi connectivity index (χ3n) is 3.58. The van der Waals surface area contributed by atoms with E-state index in [0.29, 0.717) is 11.0 Å². The fourth-order valence-electron chi connectivity index (χ4n) is 2.19. The van der Waals surface area contributed by atoms with Crippen molar-refractivity contribution in [2.45, 2.75) is 13.8 Å². The molecule has 0 amide bonds. The van der Waals surface area contributed by atoms with Crippen LogP contribution < -0.4 is 5.43 Å². The van der Waals surface area contributed by atoms with Crippen molar-refractivity contribution in [3.8, 4) is 11.1 Å². The summed E-state index contributed by atoms with van der Waals surface area (Å²) in [6.07, 6.45) is 1.74. The van der Waals surface area contributed by atoms with Crippen molar-refractivity contribution in [1.29, 1.82) is 0 Å². The normalized spacial score (nSPS) is 11.0. The molecule has 0 spiro atoms. The molecule has 120 valence electrons. The Kier molecular flexibility index (Phi) is 4.87. The van der Waals surface area contributed by atoms with Crippen LogP contribution in [0.1, 0.15) is 16.7 Å². The molecule has 0 aliphatic carbocycles. The Morgan fingerprint density at radius 2 is 1.54 bits per heavy atom. The van der Waals surface area contributed by atoms with Gasteiger partial charge in [-0.05, 0) is 31.0 Å². The van der Waals surface area contributed by atoms with E-state index in [1.54, 1.807) is 6.21 Å². The Labute approximate surface area is 146 Å². The van der Waals surface area contributed by atoms with E-state index in [-0.39, 0.29) is 0 Å². The van der Waals surface area contributed by atoms with Crippen molar-refractivity contribution in [2.24, 2.45) is 5.10 Å². The molecular formula is C19H17ClN4. The molecule has 1 aromatic heterocycles. The first kappa shape index (κ1) is 16.1. The van der Waals surface area contributed by atoms with Crippen molar-refractivity contribution in [3.05, 3.63) is 76.4 Å². The number of halogens is 1. The summed E-state index contributed by atoms with van der Waals surface area (Å²) in [7, 11) is 0. The number of hydrazone groups is 1. The third-order valence-corrected chi connectivity index (χ3v) is 3.86. The van der Waals surface area contributed by atoms with Crippen LogP contribution >= 0.6 is 11.6 Å². The highest BCUT2D eigenvalue weighted by atomic mass is 35.5. The Balaban J connectivity index is 1.78. The smallest absolute Gasteiger partial charge is 0.169 e. The summed E-state index contributed by atoms with van der Waals surface area (Å²) in [5, 5.41) is 12.6. The second kappa shape index (κ2) is 7.23. The molecule has 5 heteroatoms. The van der Waals surface area contributed by atoms with Gasteiger partial charge in [0.1, 0.15) is 0 Å². The van der Waals surface area contributed by atoms with Crippen molar-refractivity contribution in [3.63, 3.8) is 0 Å². The van der Waals surface area contributed by atoms with Crippen molar-refractivity contribution < 1.29 is 0 Å². The molecule has 3 aromatic rings. The Bertz CT molecular complexity index is 856. The van der Waals surface area contributed by atoms with Crippen LogP contribution in [0.2, 0.25) is 5.15 Å². The third kappa shape index (κ3) is 3.97. The molecule has 24 heavy (non-hydrogen) atoms. The summed E-state index contributed by atoms with van der Waals surface area (Å²) in [6.45, 7) is 4.10. The lowest BCUT2D eigenvalue weighted by molar-refractivity contribution is 1.02. The van der Waals surface area contributed by atoms with Gasteiger partial charge in [-0.2, -0.15) is 5.10 Å². The monoisotopic (exact) mass is 336 g/mol. The van der Waals surface area contributed by atoms with Crippen LogP contribution in [0.4, 0.5) is 5.82 Å². The topological polar surface area (TPSA) is 50.2 Å². The lowest BCUT2D eigenvalue weighted by Crippen LogP contribution is -1.97. The zero-order valence-corrected chi connectivity index (χ0v) is 14.2. The second-order valence-corrected chi connectivity index (χ2v) is 5.94. The summed E-state index contributed by atoms with van der Waals surface area (Å²) in [6, 6.07) is 18.0. The molecule has 0 aliphatic rings. The number of benzene rings is 2. The minimum atomic E-state index is 0.368. The zero-order valence-electron chi connectivity index (χ0n) is 13.5. The number of aryl methyl sites for hydroxylation is 2. The molecule has 0 atom stereocenters. The van der Waals surface area contributed by atoms with Gasteiger partial charge < -0.3 is 0 Å². The van der Waals surface area contributed by atoms with Gasteiger partial charge in [-0.25, -0.2) is 0 Å². The molecule has 0 saturated carbocycles. The van der Waals surface area contributed by atoms with E-state index in [4.69, 9.17) is 11.6 Å². The van der Waals surface area contributed by atoms with Crippen LogP contribution in [0.25, 0.3) is 11.1 Å². The first-order valence-corrected chi connectivity index (χ1v) is 7.95. The Morgan fingerprint density at radius 1 is 0.917 bits per heavy atom. The number of rotatable bonds is 4. The van der Waals surface area contributed by atoms with Gasteiger partial charge in [-0.1, -0.05) is 71.3 Å². The predicted octanol–water partition coefficient (Wildman–Crippen LogP) is 4.86. The number of hydrogen-bond acceptors (Lipinski definition) is 4. The van der Waals surface area contributed by atoms with Crippen LogP contribution in [-0.2, 0) is 0 Å². The largest absolute Gasteiger partial charge is 0.260 e. The minimum Gasteiger partial charge on any atom is -0.260 e. The Morgan fingerprint density at radius 3 is 2.21 bits per heavy atom. The predicted molar refractivity (Wildman–Crippen MR) is 99.6 cm³/mol. The van der Waals surface area contributed by atoms with Gasteiger partial charge in [0, 0.05) is 5.56 Å². The van der Waals surface area contributed by atoms with Crippen molar-refractivity contribution >= 4 is 23.6 Å². The molecule has 3 rings (SSSR count). The van der Waals surface area contributed by atoms with Crippen LogP contribution in [0.5, 0.6) is 0 Å². The summed E-state index contributed by atoms with van der Waals surface area (Å²) in [5.74, 6) is 0.540. The van der Waals surface area contributed by atoms with Gasteiger partial charge in [0.2, 0.25) is 0 Å². The zero-order chi connectivity index (χ0) is 16.9. The number of hydrogen-bond donors (Lipinski definition) is 1. The SMILES string of the molecule is Cc1ccc(/C=N/Nc2cc(-c3ccc(C)cc3)c(Cl)nn2)cc1. The van der Waals surface area contributed by atoms with Crippen molar-refractivity contribution in [1.82, 2.24) is 10.2 Å². The molecule has 0 radical (unpaired) electrons. The van der Waals surface area contributed by atoms with Gasteiger partial charge in [-0.15, -0.1) is 10.2 Å². The first-order valence-electron chi connectivity index (χ1n) is 7.58. The van der Waals surface area contributed by atoms with Crippen LogP contribution in [0.3, 0.4) is 0 Å². The molecule has 0 aliphatic heterocycles. The molecule has 2 aromatic carbocycles. The van der Waals surface area contributed by atoms with Gasteiger partial charge >= 0.3 is 0 Å². The molecule has 0 fully saturated rings. The van der Waals surface area contributed by atoms with Crippen LogP contribution in [0, 0.1) is 13.8 Å². The minimum absolute atomic E-state index is 0.368. The van der Waals surface area contributed by atoms with Gasteiger partial charge in [-0.3, -0.25) is 5.43 Å². The maximum atomic E-state index is 6.18. The maximum Gasteiger partial charge on any atom is 0.169 e. The second-order valence-electron chi connectivity index (χ2n) is 5.58. The number of aromatic nitrogens is 2. The molecular weight excluding hydrogens is 320 g/mol. The van der Waals surface area contributed by atoms with Crippen LogP contribution in [0.15, 0.2) is 59.7 Å². The highest BCUT2D eigenvalue weighted by Crippen LogP contribution is 2.27. The lowest BCUT2D eigenvalue weighted by atomic mass is 10.1. The summed E-state index contributed by atoms with van der Waals surface area (Å²) < 4.78 is 0. The van der Waals surface area contributed by atoms with Gasteiger partial charge in [0.25, 0.3) is 0 Å². The highest BCUT2D eigenvalue weighted by Gasteiger charge is 2.07. The maximum absolute atomic E-state index is 6.18. The number of nitrogens with one attached hydrogen (secondary N) is 1. The molecule has 0 saturated heterocycles. The average Bonchev–Trinajstić information content (AvgIpc) is 2.59. The highest BCUT2D eigenvalue weighted by molar-refractivity contribution is 6.32. The van der Waals surface area contributed by atoms with E-state index in [1.165, 1.54) is 11.1 Å². The molecule has 4 nitrogen and oxygen atoms in total. The van der Waals surface area contributed by atoms with E-state index in [2.05, 4.69) is 27.6 Å². The number of anilines is 1. The molecule has 0 bridgehead atoms. The van der Waals surface area contributed by atoms with E-state index in [9.17, 15) is 0 Å².